The molecule has 0 saturated heterocycles. The maximum atomic E-state index is 13.6. The van der Waals surface area contributed by atoms with Gasteiger partial charge in [-0.05, 0) is 56.0 Å². The molecule has 3 N–H and O–H groups in total. The van der Waals surface area contributed by atoms with Crippen molar-refractivity contribution in [2.75, 3.05) is 10.2 Å². The lowest BCUT2D eigenvalue weighted by Gasteiger charge is -2.26. The highest BCUT2D eigenvalue weighted by atomic mass is 16.2. The predicted octanol–water partition coefficient (Wildman–Crippen LogP) is 3.52. The molecule has 9 heteroatoms. The summed E-state index contributed by atoms with van der Waals surface area (Å²) < 4.78 is 1.31. The number of rotatable bonds is 5. The minimum atomic E-state index is -0.680. The number of urea groups is 1. The van der Waals surface area contributed by atoms with Gasteiger partial charge in [0.1, 0.15) is 12.4 Å². The molecule has 1 unspecified atom stereocenters. The standard InChI is InChI=1S/C25H28N6O3/c1-17(2)27-24(33)28-20-8-5-6-18(14-20)15-31-22-9-4-3-7-19(22)10-11-21(23(31)32)29-25(34)30-13-12-26-16-30/h3-9,12-14,16-17,21H,10-11,15H2,1-2H3,(H,29,34)(H2,27,28,33). The summed E-state index contributed by atoms with van der Waals surface area (Å²) in [7, 11) is 0. The molecule has 4 amide bonds. The topological polar surface area (TPSA) is 108 Å². The second-order valence-electron chi connectivity index (χ2n) is 8.52. The van der Waals surface area contributed by atoms with E-state index in [1.54, 1.807) is 11.0 Å². The Kier molecular flexibility index (Phi) is 6.91. The van der Waals surface area contributed by atoms with Crippen LogP contribution >= 0.6 is 0 Å². The van der Waals surface area contributed by atoms with Crippen molar-refractivity contribution in [2.45, 2.75) is 45.3 Å². The van der Waals surface area contributed by atoms with E-state index in [-0.39, 0.29) is 18.0 Å². The zero-order valence-electron chi connectivity index (χ0n) is 19.2. The summed E-state index contributed by atoms with van der Waals surface area (Å²) in [6.45, 7) is 4.08. The van der Waals surface area contributed by atoms with Crippen LogP contribution in [0.1, 0.15) is 31.4 Å². The Hall–Kier alpha value is -4.14. The first-order chi connectivity index (χ1) is 16.4. The van der Waals surface area contributed by atoms with Gasteiger partial charge in [0, 0.05) is 29.8 Å². The van der Waals surface area contributed by atoms with Gasteiger partial charge in [-0.1, -0.05) is 30.3 Å². The second-order valence-corrected chi connectivity index (χ2v) is 8.52. The highest BCUT2D eigenvalue weighted by Gasteiger charge is 2.31. The molecule has 1 aliphatic heterocycles. The maximum absolute atomic E-state index is 13.6. The van der Waals surface area contributed by atoms with Crippen molar-refractivity contribution in [1.82, 2.24) is 20.2 Å². The number of benzene rings is 2. The fraction of sp³-hybridized carbons (Fsp3) is 0.280. The molecule has 2 heterocycles. The molecule has 1 aliphatic rings. The van der Waals surface area contributed by atoms with Crippen molar-refractivity contribution >= 4 is 29.3 Å². The zero-order chi connectivity index (χ0) is 24.1. The van der Waals surface area contributed by atoms with E-state index in [2.05, 4.69) is 20.9 Å². The first kappa shape index (κ1) is 23.0. The van der Waals surface area contributed by atoms with E-state index in [1.807, 2.05) is 56.3 Å². The molecule has 0 bridgehead atoms. The van der Waals surface area contributed by atoms with Gasteiger partial charge in [0.25, 0.3) is 0 Å². The minimum Gasteiger partial charge on any atom is -0.336 e. The molecule has 9 nitrogen and oxygen atoms in total. The first-order valence-corrected chi connectivity index (χ1v) is 11.3. The van der Waals surface area contributed by atoms with Gasteiger partial charge in [-0.2, -0.15) is 0 Å². The number of carbonyl (C=O) groups excluding carboxylic acids is 3. The third-order valence-corrected chi connectivity index (χ3v) is 5.53. The predicted molar refractivity (Wildman–Crippen MR) is 130 cm³/mol. The molecule has 1 aromatic heterocycles. The number of carbonyl (C=O) groups is 3. The molecule has 0 saturated carbocycles. The highest BCUT2D eigenvalue weighted by molar-refractivity contribution is 6.00. The van der Waals surface area contributed by atoms with Gasteiger partial charge >= 0.3 is 12.1 Å². The van der Waals surface area contributed by atoms with Crippen molar-refractivity contribution in [1.29, 1.82) is 0 Å². The summed E-state index contributed by atoms with van der Waals surface area (Å²) in [4.78, 5) is 43.9. The fourth-order valence-electron chi connectivity index (χ4n) is 3.97. The number of hydrogen-bond donors (Lipinski definition) is 3. The Labute approximate surface area is 198 Å². The Morgan fingerprint density at radius 2 is 1.97 bits per heavy atom. The number of hydrogen-bond acceptors (Lipinski definition) is 4. The van der Waals surface area contributed by atoms with E-state index >= 15 is 0 Å². The van der Waals surface area contributed by atoms with Crippen LogP contribution < -0.4 is 20.9 Å². The average Bonchev–Trinajstić information content (AvgIpc) is 3.31. The maximum Gasteiger partial charge on any atom is 0.327 e. The number of aromatic nitrogens is 2. The van der Waals surface area contributed by atoms with Gasteiger partial charge < -0.3 is 20.9 Å². The van der Waals surface area contributed by atoms with Crippen LogP contribution in [0.15, 0.2) is 67.3 Å². The molecular weight excluding hydrogens is 432 g/mol. The van der Waals surface area contributed by atoms with Crippen LogP contribution in [0.2, 0.25) is 0 Å². The van der Waals surface area contributed by atoms with Crippen molar-refractivity contribution < 1.29 is 14.4 Å². The van der Waals surface area contributed by atoms with E-state index in [0.717, 1.165) is 16.8 Å². The van der Waals surface area contributed by atoms with Crippen molar-refractivity contribution in [3.8, 4) is 0 Å². The summed E-state index contributed by atoms with van der Waals surface area (Å²) in [6.07, 6.45) is 5.60. The van der Waals surface area contributed by atoms with Gasteiger partial charge in [-0.25, -0.2) is 14.6 Å². The first-order valence-electron chi connectivity index (χ1n) is 11.3. The number of nitrogens with zero attached hydrogens (tertiary/aromatic N) is 3. The number of fused-ring (bicyclic) bond motifs is 1. The van der Waals surface area contributed by atoms with E-state index in [1.165, 1.54) is 23.3 Å². The molecule has 1 atom stereocenters. The van der Waals surface area contributed by atoms with Crippen LogP contribution in [-0.4, -0.2) is 39.6 Å². The van der Waals surface area contributed by atoms with Crippen LogP contribution in [0.25, 0.3) is 0 Å². The number of amides is 4. The zero-order valence-corrected chi connectivity index (χ0v) is 19.2. The monoisotopic (exact) mass is 460 g/mol. The molecule has 34 heavy (non-hydrogen) atoms. The van der Waals surface area contributed by atoms with Crippen molar-refractivity contribution in [3.05, 3.63) is 78.4 Å². The summed E-state index contributed by atoms with van der Waals surface area (Å²) in [6, 6.07) is 13.8. The minimum absolute atomic E-state index is 0.0175. The molecule has 3 aromatic rings. The lowest BCUT2D eigenvalue weighted by molar-refractivity contribution is -0.120. The number of anilines is 2. The molecule has 0 radical (unpaired) electrons. The Bertz CT molecular complexity index is 1170. The van der Waals surface area contributed by atoms with Gasteiger partial charge in [-0.3, -0.25) is 9.36 Å². The molecule has 0 spiro atoms. The Morgan fingerprint density at radius 3 is 2.74 bits per heavy atom. The smallest absolute Gasteiger partial charge is 0.327 e. The number of nitrogens with one attached hydrogen (secondary N) is 3. The van der Waals surface area contributed by atoms with Crippen molar-refractivity contribution in [2.24, 2.45) is 0 Å². The lowest BCUT2D eigenvalue weighted by atomic mass is 10.1. The van der Waals surface area contributed by atoms with E-state index in [9.17, 15) is 14.4 Å². The molecule has 176 valence electrons. The Morgan fingerprint density at radius 1 is 1.15 bits per heavy atom. The molecule has 2 aromatic carbocycles. The quantitative estimate of drug-likeness (QED) is 0.541. The average molecular weight is 461 g/mol. The summed E-state index contributed by atoms with van der Waals surface area (Å²) in [5, 5.41) is 8.46. The molecule has 4 rings (SSSR count). The van der Waals surface area contributed by atoms with Gasteiger partial charge in [0.2, 0.25) is 5.91 Å². The van der Waals surface area contributed by atoms with E-state index in [0.29, 0.717) is 25.1 Å². The van der Waals surface area contributed by atoms with Gasteiger partial charge in [-0.15, -0.1) is 0 Å². The number of aryl methyl sites for hydroxylation is 1. The van der Waals surface area contributed by atoms with Crippen LogP contribution in [0, 0.1) is 0 Å². The fourth-order valence-corrected chi connectivity index (χ4v) is 3.97. The van der Waals surface area contributed by atoms with Crippen LogP contribution in [-0.2, 0) is 17.8 Å². The normalized spacial score (nSPS) is 15.4. The lowest BCUT2D eigenvalue weighted by Crippen LogP contribution is -2.48. The van der Waals surface area contributed by atoms with Crippen LogP contribution in [0.4, 0.5) is 21.0 Å². The van der Waals surface area contributed by atoms with Crippen molar-refractivity contribution in [3.63, 3.8) is 0 Å². The van der Waals surface area contributed by atoms with Crippen LogP contribution in [0.3, 0.4) is 0 Å². The highest BCUT2D eigenvalue weighted by Crippen LogP contribution is 2.29. The van der Waals surface area contributed by atoms with Gasteiger partial charge in [0.05, 0.1) is 6.54 Å². The number of para-hydroxylation sites is 1. The van der Waals surface area contributed by atoms with E-state index < -0.39 is 12.1 Å². The molecule has 0 aliphatic carbocycles. The SMILES string of the molecule is CC(C)NC(=O)Nc1cccc(CN2C(=O)C(NC(=O)n3ccnc3)CCc3ccccc32)c1. The largest absolute Gasteiger partial charge is 0.336 e. The molecule has 0 fully saturated rings. The van der Waals surface area contributed by atoms with E-state index in [4.69, 9.17) is 0 Å². The summed E-state index contributed by atoms with van der Waals surface area (Å²) >= 11 is 0. The second kappa shape index (κ2) is 10.2. The summed E-state index contributed by atoms with van der Waals surface area (Å²) in [5.41, 5.74) is 3.35. The number of imidazole rings is 1. The van der Waals surface area contributed by atoms with Gasteiger partial charge in [0.15, 0.2) is 0 Å². The third kappa shape index (κ3) is 5.43. The summed E-state index contributed by atoms with van der Waals surface area (Å²) in [5.74, 6) is -0.186. The third-order valence-electron chi connectivity index (χ3n) is 5.53. The Balaban J connectivity index is 1.57. The molecular formula is C25H28N6O3. The van der Waals surface area contributed by atoms with Crippen LogP contribution in [0.5, 0.6) is 0 Å².